The van der Waals surface area contributed by atoms with E-state index in [0.29, 0.717) is 11.4 Å². The second-order valence-electron chi connectivity index (χ2n) is 5.79. The lowest BCUT2D eigenvalue weighted by atomic mass is 9.84. The first-order valence-corrected chi connectivity index (χ1v) is 7.97. The van der Waals surface area contributed by atoms with Crippen molar-refractivity contribution < 1.29 is 9.59 Å². The average Bonchev–Trinajstić information content (AvgIpc) is 3.17. The molecule has 0 amide bonds. The molecule has 4 heteroatoms. The van der Waals surface area contributed by atoms with Crippen molar-refractivity contribution in [1.29, 1.82) is 0 Å². The maximum Gasteiger partial charge on any atom is 0.181 e. The second-order valence-corrected chi connectivity index (χ2v) is 5.79. The van der Waals surface area contributed by atoms with Crippen LogP contribution in [-0.2, 0) is 0 Å². The highest BCUT2D eigenvalue weighted by molar-refractivity contribution is 5.97. The predicted molar refractivity (Wildman–Crippen MR) is 91.6 cm³/mol. The Morgan fingerprint density at radius 1 is 0.833 bits per heavy atom. The van der Waals surface area contributed by atoms with Crippen molar-refractivity contribution in [3.05, 3.63) is 84.5 Å². The summed E-state index contributed by atoms with van der Waals surface area (Å²) in [6.07, 6.45) is 11.8. The molecular weight excluding hydrogens is 300 g/mol. The highest BCUT2D eigenvalue weighted by atomic mass is 16.1. The number of allylic oxidation sites excluding steroid dienone is 4. The van der Waals surface area contributed by atoms with Crippen LogP contribution in [0.4, 0.5) is 0 Å². The highest BCUT2D eigenvalue weighted by Crippen LogP contribution is 2.28. The Balaban J connectivity index is 1.74. The van der Waals surface area contributed by atoms with Crippen LogP contribution in [0, 0.1) is 11.8 Å². The van der Waals surface area contributed by atoms with Gasteiger partial charge in [0.1, 0.15) is 11.4 Å². The molecule has 0 atom stereocenters. The van der Waals surface area contributed by atoms with Crippen molar-refractivity contribution in [2.75, 3.05) is 0 Å². The number of hydrogen-bond acceptors (Lipinski definition) is 4. The molecule has 2 aromatic heterocycles. The van der Waals surface area contributed by atoms with Crippen molar-refractivity contribution in [2.45, 2.75) is 12.8 Å². The zero-order valence-electron chi connectivity index (χ0n) is 13.2. The third kappa shape index (κ3) is 3.90. The van der Waals surface area contributed by atoms with Gasteiger partial charge in [-0.15, -0.1) is 0 Å². The SMILES string of the molecule is O=C(CC(CC(=O)c1ccccn1)C1C=CC=C1)c1ccccn1. The van der Waals surface area contributed by atoms with E-state index in [0.717, 1.165) is 0 Å². The summed E-state index contributed by atoms with van der Waals surface area (Å²) in [7, 11) is 0. The number of aromatic nitrogens is 2. The minimum absolute atomic E-state index is 0.0388. The van der Waals surface area contributed by atoms with Crippen LogP contribution in [0.25, 0.3) is 0 Å². The molecule has 0 fully saturated rings. The van der Waals surface area contributed by atoms with Crippen LogP contribution in [0.2, 0.25) is 0 Å². The molecule has 0 N–H and O–H groups in total. The van der Waals surface area contributed by atoms with E-state index >= 15 is 0 Å². The van der Waals surface area contributed by atoms with Crippen molar-refractivity contribution in [2.24, 2.45) is 11.8 Å². The number of hydrogen-bond donors (Lipinski definition) is 0. The standard InChI is InChI=1S/C20H18N2O2/c23-19(17-9-3-5-11-21-17)13-16(15-7-1-2-8-15)14-20(24)18-10-4-6-12-22-18/h1-12,15-16H,13-14H2. The maximum atomic E-state index is 12.5. The summed E-state index contributed by atoms with van der Waals surface area (Å²) in [4.78, 5) is 33.2. The van der Waals surface area contributed by atoms with Gasteiger partial charge in [0.2, 0.25) is 0 Å². The first-order valence-electron chi connectivity index (χ1n) is 7.97. The van der Waals surface area contributed by atoms with Gasteiger partial charge in [-0.05, 0) is 36.1 Å². The minimum Gasteiger partial charge on any atom is -0.292 e. The average molecular weight is 318 g/mol. The fraction of sp³-hybridized carbons (Fsp3) is 0.200. The summed E-state index contributed by atoms with van der Waals surface area (Å²) in [6.45, 7) is 0. The highest BCUT2D eigenvalue weighted by Gasteiger charge is 2.26. The van der Waals surface area contributed by atoms with E-state index in [1.54, 1.807) is 48.8 Å². The molecule has 1 aliphatic rings. The van der Waals surface area contributed by atoms with Gasteiger partial charge in [-0.1, -0.05) is 36.4 Å². The molecule has 3 rings (SSSR count). The third-order valence-corrected chi connectivity index (χ3v) is 4.12. The number of rotatable bonds is 7. The van der Waals surface area contributed by atoms with Crippen LogP contribution in [0.15, 0.2) is 73.1 Å². The lowest BCUT2D eigenvalue weighted by molar-refractivity contribution is 0.0905. The maximum absolute atomic E-state index is 12.5. The van der Waals surface area contributed by atoms with Crippen molar-refractivity contribution in [1.82, 2.24) is 9.97 Å². The Kier molecular flexibility index (Phi) is 5.06. The Morgan fingerprint density at radius 3 is 1.75 bits per heavy atom. The topological polar surface area (TPSA) is 59.9 Å². The molecule has 2 aromatic rings. The van der Waals surface area contributed by atoms with E-state index in [2.05, 4.69) is 9.97 Å². The van der Waals surface area contributed by atoms with Gasteiger partial charge in [-0.2, -0.15) is 0 Å². The molecule has 0 saturated heterocycles. The zero-order chi connectivity index (χ0) is 16.8. The van der Waals surface area contributed by atoms with Gasteiger partial charge in [-0.25, -0.2) is 0 Å². The molecule has 4 nitrogen and oxygen atoms in total. The van der Waals surface area contributed by atoms with Gasteiger partial charge in [0, 0.05) is 25.2 Å². The van der Waals surface area contributed by atoms with E-state index in [9.17, 15) is 9.59 Å². The molecule has 120 valence electrons. The van der Waals surface area contributed by atoms with Crippen LogP contribution in [0.1, 0.15) is 33.8 Å². The smallest absolute Gasteiger partial charge is 0.181 e. The first kappa shape index (κ1) is 16.0. The largest absolute Gasteiger partial charge is 0.292 e. The van der Waals surface area contributed by atoms with Crippen LogP contribution < -0.4 is 0 Å². The molecule has 0 saturated carbocycles. The van der Waals surface area contributed by atoms with E-state index in [4.69, 9.17) is 0 Å². The zero-order valence-corrected chi connectivity index (χ0v) is 13.2. The Hall–Kier alpha value is -2.88. The number of carbonyl (C=O) groups is 2. The Bertz CT molecular complexity index is 701. The van der Waals surface area contributed by atoms with Crippen LogP contribution in [0.5, 0.6) is 0 Å². The molecule has 0 aromatic carbocycles. The summed E-state index contributed by atoms with van der Waals surface area (Å²) in [5.74, 6) is -0.0828. The summed E-state index contributed by atoms with van der Waals surface area (Å²) < 4.78 is 0. The van der Waals surface area contributed by atoms with E-state index < -0.39 is 0 Å². The second kappa shape index (κ2) is 7.59. The summed E-state index contributed by atoms with van der Waals surface area (Å²) in [5.41, 5.74) is 0.887. The van der Waals surface area contributed by atoms with Gasteiger partial charge < -0.3 is 0 Å². The van der Waals surface area contributed by atoms with Crippen LogP contribution in [0.3, 0.4) is 0 Å². The number of carbonyl (C=O) groups excluding carboxylic acids is 2. The summed E-state index contributed by atoms with van der Waals surface area (Å²) >= 11 is 0. The van der Waals surface area contributed by atoms with Crippen molar-refractivity contribution >= 4 is 11.6 Å². The molecule has 1 aliphatic carbocycles. The van der Waals surface area contributed by atoms with Gasteiger partial charge >= 0.3 is 0 Å². The van der Waals surface area contributed by atoms with Crippen LogP contribution in [-0.4, -0.2) is 21.5 Å². The van der Waals surface area contributed by atoms with Gasteiger partial charge in [0.05, 0.1) is 0 Å². The van der Waals surface area contributed by atoms with E-state index in [1.165, 1.54) is 0 Å². The minimum atomic E-state index is -0.0935. The third-order valence-electron chi connectivity index (χ3n) is 4.12. The molecule has 2 heterocycles. The summed E-state index contributed by atoms with van der Waals surface area (Å²) in [6, 6.07) is 10.6. The molecule has 0 spiro atoms. The molecule has 0 bridgehead atoms. The Labute approximate surface area is 141 Å². The van der Waals surface area contributed by atoms with Crippen molar-refractivity contribution in [3.8, 4) is 0 Å². The van der Waals surface area contributed by atoms with E-state index in [-0.39, 0.29) is 36.2 Å². The van der Waals surface area contributed by atoms with Gasteiger partial charge in [0.25, 0.3) is 0 Å². The van der Waals surface area contributed by atoms with Gasteiger partial charge in [-0.3, -0.25) is 19.6 Å². The normalized spacial score (nSPS) is 13.5. The van der Waals surface area contributed by atoms with Crippen LogP contribution >= 0.6 is 0 Å². The Morgan fingerprint density at radius 2 is 1.33 bits per heavy atom. The fourth-order valence-electron chi connectivity index (χ4n) is 2.85. The van der Waals surface area contributed by atoms with Crippen molar-refractivity contribution in [3.63, 3.8) is 0 Å². The number of ketones is 2. The number of pyridine rings is 2. The van der Waals surface area contributed by atoms with E-state index in [1.807, 2.05) is 24.3 Å². The lowest BCUT2D eigenvalue weighted by Crippen LogP contribution is -2.20. The predicted octanol–water partition coefficient (Wildman–Crippen LogP) is 3.68. The molecule has 0 aliphatic heterocycles. The number of Topliss-reactive ketones (excluding diaryl/α,β-unsaturated/α-hetero) is 2. The monoisotopic (exact) mass is 318 g/mol. The van der Waals surface area contributed by atoms with Gasteiger partial charge in [0.15, 0.2) is 11.6 Å². The molecule has 24 heavy (non-hydrogen) atoms. The quantitative estimate of drug-likeness (QED) is 0.731. The molecule has 0 unspecified atom stereocenters. The lowest BCUT2D eigenvalue weighted by Gasteiger charge is -2.19. The molecule has 0 radical (unpaired) electrons. The molecular formula is C20H18N2O2. The first-order chi connectivity index (χ1) is 11.7. The summed E-state index contributed by atoms with van der Waals surface area (Å²) in [5, 5.41) is 0. The number of nitrogens with zero attached hydrogens (tertiary/aromatic N) is 2. The fourth-order valence-corrected chi connectivity index (χ4v) is 2.85.